The molecule has 1 heterocycles. The molecule has 1 aliphatic rings. The largest absolute Gasteiger partial charge is 0.329 e. The fraction of sp³-hybridized carbons (Fsp3) is 0.600. The molecule has 1 saturated heterocycles. The van der Waals surface area contributed by atoms with Crippen molar-refractivity contribution >= 4 is 10.0 Å². The standard InChI is InChI=1S/C15H24N2O2S/c1-3-14-5-7-15(8-6-14)13-16-9-11-17(12-10-16)20(18,19)4-2/h5-8H,3-4,9-13H2,1-2H3/p+1. The van der Waals surface area contributed by atoms with E-state index in [1.807, 2.05) is 0 Å². The molecule has 1 aromatic carbocycles. The number of hydrogen-bond acceptors (Lipinski definition) is 2. The van der Waals surface area contributed by atoms with Crippen molar-refractivity contribution in [2.45, 2.75) is 26.8 Å². The van der Waals surface area contributed by atoms with Crippen molar-refractivity contribution in [2.75, 3.05) is 31.9 Å². The number of nitrogens with zero attached hydrogens (tertiary/aromatic N) is 1. The molecule has 1 fully saturated rings. The number of sulfonamides is 1. The average Bonchev–Trinajstić information content (AvgIpc) is 2.48. The van der Waals surface area contributed by atoms with Crippen molar-refractivity contribution in [3.05, 3.63) is 35.4 Å². The van der Waals surface area contributed by atoms with Gasteiger partial charge < -0.3 is 4.90 Å². The fourth-order valence-corrected chi connectivity index (χ4v) is 3.73. The minimum Gasteiger partial charge on any atom is -0.329 e. The van der Waals surface area contributed by atoms with Gasteiger partial charge >= 0.3 is 0 Å². The molecule has 20 heavy (non-hydrogen) atoms. The molecule has 1 N–H and O–H groups in total. The maximum Gasteiger partial charge on any atom is 0.214 e. The maximum atomic E-state index is 11.8. The van der Waals surface area contributed by atoms with Crippen LogP contribution in [-0.4, -0.2) is 44.7 Å². The highest BCUT2D eigenvalue weighted by Crippen LogP contribution is 2.05. The highest BCUT2D eigenvalue weighted by Gasteiger charge is 2.27. The second-order valence-corrected chi connectivity index (χ2v) is 7.65. The first-order valence-corrected chi connectivity index (χ1v) is 9.05. The summed E-state index contributed by atoms with van der Waals surface area (Å²) in [5.41, 5.74) is 2.70. The Balaban J connectivity index is 1.88. The van der Waals surface area contributed by atoms with Crippen LogP contribution in [0.15, 0.2) is 24.3 Å². The molecule has 1 aliphatic heterocycles. The third-order valence-electron chi connectivity index (χ3n) is 4.07. The number of rotatable bonds is 5. The molecule has 0 spiro atoms. The van der Waals surface area contributed by atoms with E-state index in [1.54, 1.807) is 11.2 Å². The van der Waals surface area contributed by atoms with E-state index in [9.17, 15) is 8.42 Å². The lowest BCUT2D eigenvalue weighted by Crippen LogP contribution is -3.13. The number of benzene rings is 1. The van der Waals surface area contributed by atoms with Gasteiger partial charge in [0, 0.05) is 5.56 Å². The molecule has 0 aliphatic carbocycles. The van der Waals surface area contributed by atoms with Gasteiger partial charge in [0.25, 0.3) is 0 Å². The molecule has 0 radical (unpaired) electrons. The van der Waals surface area contributed by atoms with Gasteiger partial charge in [0.15, 0.2) is 0 Å². The van der Waals surface area contributed by atoms with Crippen molar-refractivity contribution in [1.82, 2.24) is 4.31 Å². The minimum absolute atomic E-state index is 0.209. The van der Waals surface area contributed by atoms with Gasteiger partial charge in [0.05, 0.1) is 31.9 Å². The van der Waals surface area contributed by atoms with Crippen molar-refractivity contribution in [3.8, 4) is 0 Å². The number of aryl methyl sites for hydroxylation is 1. The lowest BCUT2D eigenvalue weighted by atomic mass is 10.1. The summed E-state index contributed by atoms with van der Waals surface area (Å²) in [6, 6.07) is 8.76. The Hall–Kier alpha value is -0.910. The van der Waals surface area contributed by atoms with Crippen LogP contribution in [0.3, 0.4) is 0 Å². The van der Waals surface area contributed by atoms with E-state index in [1.165, 1.54) is 16.0 Å². The van der Waals surface area contributed by atoms with Gasteiger partial charge in [-0.2, -0.15) is 4.31 Å². The lowest BCUT2D eigenvalue weighted by molar-refractivity contribution is -0.917. The van der Waals surface area contributed by atoms with Crippen LogP contribution >= 0.6 is 0 Å². The first-order valence-electron chi connectivity index (χ1n) is 7.44. The SMILES string of the molecule is CCc1ccc(C[NH+]2CCN(S(=O)(=O)CC)CC2)cc1. The third-order valence-corrected chi connectivity index (χ3v) is 5.95. The van der Waals surface area contributed by atoms with E-state index in [-0.39, 0.29) is 5.75 Å². The van der Waals surface area contributed by atoms with Crippen LogP contribution in [0.2, 0.25) is 0 Å². The fourth-order valence-electron chi connectivity index (χ4n) is 2.62. The van der Waals surface area contributed by atoms with E-state index in [4.69, 9.17) is 0 Å². The monoisotopic (exact) mass is 297 g/mol. The summed E-state index contributed by atoms with van der Waals surface area (Å²) < 4.78 is 25.2. The van der Waals surface area contributed by atoms with Gasteiger partial charge in [-0.25, -0.2) is 8.42 Å². The highest BCUT2D eigenvalue weighted by molar-refractivity contribution is 7.89. The number of quaternary nitrogens is 1. The van der Waals surface area contributed by atoms with Crippen LogP contribution in [0.25, 0.3) is 0 Å². The zero-order valence-electron chi connectivity index (χ0n) is 12.4. The summed E-state index contributed by atoms with van der Waals surface area (Å²) in [5, 5.41) is 0. The Kier molecular flexibility index (Phi) is 5.18. The zero-order chi connectivity index (χ0) is 14.6. The zero-order valence-corrected chi connectivity index (χ0v) is 13.2. The molecule has 5 heteroatoms. The number of piperazine rings is 1. The number of hydrogen-bond donors (Lipinski definition) is 1. The van der Waals surface area contributed by atoms with E-state index in [0.29, 0.717) is 13.1 Å². The Labute approximate surface area is 122 Å². The van der Waals surface area contributed by atoms with Crippen LogP contribution < -0.4 is 4.90 Å². The van der Waals surface area contributed by atoms with Crippen LogP contribution in [0, 0.1) is 0 Å². The summed E-state index contributed by atoms with van der Waals surface area (Å²) in [7, 11) is -3.01. The van der Waals surface area contributed by atoms with E-state index in [0.717, 1.165) is 26.1 Å². The van der Waals surface area contributed by atoms with Crippen molar-refractivity contribution in [2.24, 2.45) is 0 Å². The molecule has 0 saturated carbocycles. The Morgan fingerprint density at radius 2 is 1.60 bits per heavy atom. The molecule has 112 valence electrons. The van der Waals surface area contributed by atoms with Crippen molar-refractivity contribution in [1.29, 1.82) is 0 Å². The quantitative estimate of drug-likeness (QED) is 0.849. The number of nitrogens with one attached hydrogen (secondary N) is 1. The molecular weight excluding hydrogens is 272 g/mol. The average molecular weight is 297 g/mol. The van der Waals surface area contributed by atoms with Gasteiger partial charge in [-0.15, -0.1) is 0 Å². The third kappa shape index (κ3) is 3.81. The summed E-state index contributed by atoms with van der Waals surface area (Å²) in [5.74, 6) is 0.209. The smallest absolute Gasteiger partial charge is 0.214 e. The molecule has 0 aromatic heterocycles. The van der Waals surface area contributed by atoms with E-state index in [2.05, 4.69) is 31.2 Å². The Morgan fingerprint density at radius 3 is 2.10 bits per heavy atom. The lowest BCUT2D eigenvalue weighted by Gasteiger charge is -2.31. The topological polar surface area (TPSA) is 41.8 Å². The highest BCUT2D eigenvalue weighted by atomic mass is 32.2. The second-order valence-electron chi connectivity index (χ2n) is 5.40. The van der Waals surface area contributed by atoms with Crippen molar-refractivity contribution < 1.29 is 13.3 Å². The molecule has 0 amide bonds. The van der Waals surface area contributed by atoms with Gasteiger partial charge in [-0.3, -0.25) is 0 Å². The molecule has 0 bridgehead atoms. The van der Waals surface area contributed by atoms with Gasteiger partial charge in [0.2, 0.25) is 10.0 Å². The minimum atomic E-state index is -3.01. The van der Waals surface area contributed by atoms with E-state index >= 15 is 0 Å². The molecular formula is C15H25N2O2S+. The summed E-state index contributed by atoms with van der Waals surface area (Å²) in [4.78, 5) is 1.47. The molecule has 1 aromatic rings. The van der Waals surface area contributed by atoms with Crippen LogP contribution in [0.1, 0.15) is 25.0 Å². The molecule has 4 nitrogen and oxygen atoms in total. The van der Waals surface area contributed by atoms with Crippen LogP contribution in [0.4, 0.5) is 0 Å². The summed E-state index contributed by atoms with van der Waals surface area (Å²) in [6.07, 6.45) is 1.07. The van der Waals surface area contributed by atoms with Gasteiger partial charge in [0.1, 0.15) is 6.54 Å². The molecule has 2 rings (SSSR count). The van der Waals surface area contributed by atoms with E-state index < -0.39 is 10.0 Å². The molecule has 0 unspecified atom stereocenters. The first-order chi connectivity index (χ1) is 9.55. The van der Waals surface area contributed by atoms with Crippen LogP contribution in [-0.2, 0) is 23.0 Å². The first kappa shape index (κ1) is 15.5. The summed E-state index contributed by atoms with van der Waals surface area (Å²) >= 11 is 0. The molecule has 0 atom stereocenters. The van der Waals surface area contributed by atoms with Crippen molar-refractivity contribution in [3.63, 3.8) is 0 Å². The van der Waals surface area contributed by atoms with Gasteiger partial charge in [-0.05, 0) is 18.9 Å². The predicted molar refractivity (Wildman–Crippen MR) is 81.3 cm³/mol. The van der Waals surface area contributed by atoms with Crippen LogP contribution in [0.5, 0.6) is 0 Å². The predicted octanol–water partition coefficient (Wildman–Crippen LogP) is 0.299. The second kappa shape index (κ2) is 6.70. The summed E-state index contributed by atoms with van der Waals surface area (Å²) in [6.45, 7) is 7.96. The Bertz CT molecular complexity index is 517. The maximum absolute atomic E-state index is 11.8. The Morgan fingerprint density at radius 1 is 1.05 bits per heavy atom. The van der Waals surface area contributed by atoms with Gasteiger partial charge in [-0.1, -0.05) is 31.2 Å². The normalized spacial score (nSPS) is 18.3.